The standard InChI is InChI=1S/C9H12N3OP/c13-5-4-12-6-11-7-2-1-3-10-8(7)9(12)14/h5-6,10,14H,1-4H2. The summed E-state index contributed by atoms with van der Waals surface area (Å²) in [6.07, 6.45) is 4.67. The van der Waals surface area contributed by atoms with E-state index in [-0.39, 0.29) is 0 Å². The maximum absolute atomic E-state index is 10.4. The summed E-state index contributed by atoms with van der Waals surface area (Å²) >= 11 is 0. The third kappa shape index (κ3) is 1.58. The van der Waals surface area contributed by atoms with Crippen LogP contribution >= 0.6 is 8.86 Å². The molecule has 4 nitrogen and oxygen atoms in total. The van der Waals surface area contributed by atoms with Gasteiger partial charge in [0.1, 0.15) is 6.29 Å². The molecule has 0 saturated heterocycles. The highest BCUT2D eigenvalue weighted by atomic mass is 31.0. The van der Waals surface area contributed by atoms with Gasteiger partial charge in [-0.25, -0.2) is 4.98 Å². The van der Waals surface area contributed by atoms with Crippen molar-refractivity contribution in [2.45, 2.75) is 19.4 Å². The van der Waals surface area contributed by atoms with Gasteiger partial charge in [0.05, 0.1) is 29.3 Å². The fourth-order valence-corrected chi connectivity index (χ4v) is 1.99. The van der Waals surface area contributed by atoms with E-state index in [9.17, 15) is 4.79 Å². The quantitative estimate of drug-likeness (QED) is 0.586. The van der Waals surface area contributed by atoms with E-state index in [1.165, 1.54) is 0 Å². The van der Waals surface area contributed by atoms with Crippen LogP contribution in [0.4, 0.5) is 5.69 Å². The number of hydrogen-bond acceptors (Lipinski definition) is 3. The molecule has 1 N–H and O–H groups in total. The maximum atomic E-state index is 10.4. The molecule has 0 fully saturated rings. The summed E-state index contributed by atoms with van der Waals surface area (Å²) in [6, 6.07) is 0. The summed E-state index contributed by atoms with van der Waals surface area (Å²) in [7, 11) is 3.52. The Hall–Kier alpha value is -1.15. The summed E-state index contributed by atoms with van der Waals surface area (Å²) < 4.78 is 1.78. The van der Waals surface area contributed by atoms with Crippen LogP contribution in [0.15, 0.2) is 6.33 Å². The second kappa shape index (κ2) is 3.93. The van der Waals surface area contributed by atoms with Crippen LogP contribution in [0, 0.1) is 5.07 Å². The van der Waals surface area contributed by atoms with Gasteiger partial charge in [0.15, 0.2) is 0 Å². The number of hydrogen-bond donors (Lipinski definition) is 1. The van der Waals surface area contributed by atoms with Crippen molar-refractivity contribution in [3.8, 4) is 0 Å². The molecule has 0 unspecified atom stereocenters. The number of aromatic nitrogens is 2. The molecule has 0 aromatic carbocycles. The second-order valence-corrected chi connectivity index (χ2v) is 3.74. The molecule has 1 aliphatic rings. The zero-order valence-corrected chi connectivity index (χ0v) is 8.79. The third-order valence-electron chi connectivity index (χ3n) is 2.33. The number of carbonyl (C=O) groups is 1. The van der Waals surface area contributed by atoms with E-state index < -0.39 is 0 Å². The molecular weight excluding hydrogens is 197 g/mol. The molecule has 14 heavy (non-hydrogen) atoms. The first-order chi connectivity index (χ1) is 6.83. The third-order valence-corrected chi connectivity index (χ3v) is 2.87. The Morgan fingerprint density at radius 1 is 1.71 bits per heavy atom. The molecular formula is C9H12N3OP. The maximum Gasteiger partial charge on any atom is 0.139 e. The SMILES string of the molecule is O=CCn1cnc2c(c1=P)NCCC2. The van der Waals surface area contributed by atoms with Crippen LogP contribution in [0.25, 0.3) is 0 Å². The first-order valence-corrected chi connectivity index (χ1v) is 5.13. The van der Waals surface area contributed by atoms with Gasteiger partial charge in [0, 0.05) is 6.54 Å². The average molecular weight is 209 g/mol. The van der Waals surface area contributed by atoms with Crippen molar-refractivity contribution in [3.63, 3.8) is 0 Å². The van der Waals surface area contributed by atoms with E-state index in [0.717, 1.165) is 42.1 Å². The minimum absolute atomic E-state index is 0.334. The summed E-state index contributed by atoms with van der Waals surface area (Å²) in [5, 5.41) is 4.19. The largest absolute Gasteiger partial charge is 0.382 e. The van der Waals surface area contributed by atoms with Crippen molar-refractivity contribution < 1.29 is 4.79 Å². The summed E-state index contributed by atoms with van der Waals surface area (Å²) in [5.74, 6) is 0. The number of anilines is 1. The molecule has 1 aromatic rings. The van der Waals surface area contributed by atoms with Gasteiger partial charge in [-0.3, -0.25) is 0 Å². The van der Waals surface area contributed by atoms with Crippen LogP contribution in [0.3, 0.4) is 0 Å². The predicted molar refractivity (Wildman–Crippen MR) is 56.7 cm³/mol. The molecule has 0 radical (unpaired) electrons. The van der Waals surface area contributed by atoms with Crippen molar-refractivity contribution in [2.24, 2.45) is 0 Å². The van der Waals surface area contributed by atoms with Gasteiger partial charge in [-0.1, -0.05) is 8.86 Å². The summed E-state index contributed by atoms with van der Waals surface area (Å²) in [4.78, 5) is 14.7. The zero-order chi connectivity index (χ0) is 9.97. The van der Waals surface area contributed by atoms with Crippen molar-refractivity contribution in [1.29, 1.82) is 0 Å². The lowest BCUT2D eigenvalue weighted by Gasteiger charge is -2.18. The molecule has 0 amide bonds. The second-order valence-electron chi connectivity index (χ2n) is 3.26. The van der Waals surface area contributed by atoms with E-state index in [1.807, 2.05) is 0 Å². The molecule has 5 heteroatoms. The van der Waals surface area contributed by atoms with Gasteiger partial charge >= 0.3 is 0 Å². The van der Waals surface area contributed by atoms with E-state index in [1.54, 1.807) is 10.9 Å². The van der Waals surface area contributed by atoms with Crippen molar-refractivity contribution in [1.82, 2.24) is 9.55 Å². The Bertz CT molecular complexity index is 413. The predicted octanol–water partition coefficient (Wildman–Crippen LogP) is 1.11. The number of aldehydes is 1. The van der Waals surface area contributed by atoms with Gasteiger partial charge in [0.25, 0.3) is 0 Å². The van der Waals surface area contributed by atoms with Crippen LogP contribution in [-0.4, -0.2) is 22.4 Å². The number of aryl methyl sites for hydroxylation is 1. The number of fused-ring (bicyclic) bond motifs is 1. The van der Waals surface area contributed by atoms with E-state index in [0.29, 0.717) is 6.54 Å². The smallest absolute Gasteiger partial charge is 0.139 e. The van der Waals surface area contributed by atoms with Crippen LogP contribution in [0.2, 0.25) is 0 Å². The van der Waals surface area contributed by atoms with Gasteiger partial charge < -0.3 is 14.7 Å². The average Bonchev–Trinajstić information content (AvgIpc) is 2.23. The fraction of sp³-hybridized carbons (Fsp3) is 0.444. The summed E-state index contributed by atoms with van der Waals surface area (Å²) in [5.41, 5.74) is 2.10. The van der Waals surface area contributed by atoms with Crippen molar-refractivity contribution in [2.75, 3.05) is 11.9 Å². The highest BCUT2D eigenvalue weighted by Crippen LogP contribution is 2.20. The molecule has 1 aliphatic heterocycles. The van der Waals surface area contributed by atoms with E-state index in [2.05, 4.69) is 19.2 Å². The molecule has 74 valence electrons. The van der Waals surface area contributed by atoms with Crippen molar-refractivity contribution >= 4 is 20.8 Å². The summed E-state index contributed by atoms with van der Waals surface area (Å²) in [6.45, 7) is 1.30. The monoisotopic (exact) mass is 209 g/mol. The zero-order valence-electron chi connectivity index (χ0n) is 7.79. The minimum atomic E-state index is 0.334. The topological polar surface area (TPSA) is 46.9 Å². The Morgan fingerprint density at radius 3 is 3.36 bits per heavy atom. The van der Waals surface area contributed by atoms with Gasteiger partial charge in [-0.15, -0.1) is 0 Å². The highest BCUT2D eigenvalue weighted by Gasteiger charge is 2.11. The lowest BCUT2D eigenvalue weighted by molar-refractivity contribution is -0.108. The van der Waals surface area contributed by atoms with Crippen molar-refractivity contribution in [3.05, 3.63) is 17.1 Å². The van der Waals surface area contributed by atoms with Gasteiger partial charge in [0.2, 0.25) is 0 Å². The highest BCUT2D eigenvalue weighted by molar-refractivity contribution is 7.07. The number of nitrogens with zero attached hydrogens (tertiary/aromatic N) is 2. The Morgan fingerprint density at radius 2 is 2.57 bits per heavy atom. The number of carbonyl (C=O) groups excluding carboxylic acids is 1. The first-order valence-electron chi connectivity index (χ1n) is 4.63. The molecule has 0 aliphatic carbocycles. The van der Waals surface area contributed by atoms with Crippen LogP contribution in [0.1, 0.15) is 12.1 Å². The normalized spacial score (nSPS) is 14.3. The number of nitrogens with one attached hydrogen (secondary N) is 1. The fourth-order valence-electron chi connectivity index (χ4n) is 1.61. The molecule has 2 rings (SSSR count). The lowest BCUT2D eigenvalue weighted by Crippen LogP contribution is -2.17. The Balaban J connectivity index is 2.48. The first kappa shape index (κ1) is 9.41. The molecule has 0 spiro atoms. The minimum Gasteiger partial charge on any atom is -0.382 e. The Labute approximate surface area is 84.2 Å². The molecule has 2 heterocycles. The molecule has 0 bridgehead atoms. The van der Waals surface area contributed by atoms with E-state index in [4.69, 9.17) is 0 Å². The number of rotatable bonds is 2. The molecule has 1 aromatic heterocycles. The van der Waals surface area contributed by atoms with Gasteiger partial charge in [-0.2, -0.15) is 0 Å². The lowest BCUT2D eigenvalue weighted by atomic mass is 10.1. The van der Waals surface area contributed by atoms with Gasteiger partial charge in [-0.05, 0) is 12.8 Å². The van der Waals surface area contributed by atoms with Crippen LogP contribution < -0.4 is 5.32 Å². The van der Waals surface area contributed by atoms with Crippen LogP contribution in [-0.2, 0) is 17.8 Å². The van der Waals surface area contributed by atoms with E-state index >= 15 is 0 Å². The Kier molecular flexibility index (Phi) is 2.64. The molecule has 0 atom stereocenters. The molecule has 0 saturated carbocycles. The van der Waals surface area contributed by atoms with Crippen LogP contribution in [0.5, 0.6) is 0 Å².